The molecule has 3 rings (SSSR count). The zero-order chi connectivity index (χ0) is 21.2. The fraction of sp³-hybridized carbons (Fsp3) is 0.714. The van der Waals surface area contributed by atoms with Crippen LogP contribution < -0.4 is 10.6 Å². The second kappa shape index (κ2) is 11.2. The van der Waals surface area contributed by atoms with Crippen molar-refractivity contribution in [3.63, 3.8) is 0 Å². The van der Waals surface area contributed by atoms with Crippen LogP contribution in [-0.2, 0) is 20.6 Å². The minimum atomic E-state index is -0.548. The summed E-state index contributed by atoms with van der Waals surface area (Å²) in [5.74, 6) is 1.15. The van der Waals surface area contributed by atoms with E-state index in [-0.39, 0.29) is 12.1 Å². The highest BCUT2D eigenvalue weighted by atomic mass is 16.7. The average molecular weight is 423 g/mol. The van der Waals surface area contributed by atoms with Crippen LogP contribution in [0.5, 0.6) is 0 Å². The number of amides is 1. The van der Waals surface area contributed by atoms with Crippen molar-refractivity contribution in [1.29, 1.82) is 0 Å². The first-order valence-corrected chi connectivity index (χ1v) is 10.8. The Morgan fingerprint density at radius 1 is 1.33 bits per heavy atom. The number of furan rings is 1. The van der Waals surface area contributed by atoms with E-state index in [1.54, 1.807) is 11.2 Å². The molecule has 2 fully saturated rings. The third-order valence-corrected chi connectivity index (χ3v) is 5.34. The van der Waals surface area contributed by atoms with Gasteiger partial charge >= 0.3 is 6.09 Å². The molecule has 0 atom stereocenters. The van der Waals surface area contributed by atoms with Gasteiger partial charge in [-0.25, -0.2) is 4.79 Å². The Kier molecular flexibility index (Phi) is 8.39. The van der Waals surface area contributed by atoms with Gasteiger partial charge in [0.15, 0.2) is 11.7 Å². The topological polar surface area (TPSA) is 97.6 Å². The van der Waals surface area contributed by atoms with Crippen molar-refractivity contribution in [2.24, 2.45) is 4.99 Å². The Morgan fingerprint density at radius 2 is 2.10 bits per heavy atom. The Balaban J connectivity index is 1.49. The van der Waals surface area contributed by atoms with Gasteiger partial charge in [0, 0.05) is 45.1 Å². The normalized spacial score (nSPS) is 19.7. The summed E-state index contributed by atoms with van der Waals surface area (Å²) in [7, 11) is 0. The molecule has 0 saturated carbocycles. The second-order valence-corrected chi connectivity index (χ2v) is 7.67. The van der Waals surface area contributed by atoms with E-state index in [0.29, 0.717) is 52.4 Å². The van der Waals surface area contributed by atoms with Crippen molar-refractivity contribution < 1.29 is 23.4 Å². The number of hydrogen-bond acceptors (Lipinski definition) is 6. The number of hydrogen-bond donors (Lipinski definition) is 2. The molecule has 2 saturated heterocycles. The van der Waals surface area contributed by atoms with Crippen LogP contribution >= 0.6 is 0 Å². The summed E-state index contributed by atoms with van der Waals surface area (Å²) in [5.41, 5.74) is 0. The Hall–Kier alpha value is -2.26. The molecular formula is C21H34N4O5. The molecule has 1 aromatic rings. The monoisotopic (exact) mass is 422 g/mol. The maximum Gasteiger partial charge on any atom is 0.409 e. The molecule has 2 N–H and O–H groups in total. The summed E-state index contributed by atoms with van der Waals surface area (Å²) in [6.07, 6.45) is 4.62. The Morgan fingerprint density at radius 3 is 2.77 bits per heavy atom. The molecule has 0 unspecified atom stereocenters. The first-order valence-electron chi connectivity index (χ1n) is 10.8. The molecule has 1 amide bonds. The van der Waals surface area contributed by atoms with E-state index in [2.05, 4.69) is 10.6 Å². The molecule has 9 heteroatoms. The van der Waals surface area contributed by atoms with Crippen LogP contribution in [0.3, 0.4) is 0 Å². The summed E-state index contributed by atoms with van der Waals surface area (Å²) in [6, 6.07) is 4.11. The van der Waals surface area contributed by atoms with Crippen LogP contribution in [0.1, 0.15) is 38.9 Å². The molecular weight excluding hydrogens is 388 g/mol. The second-order valence-electron chi connectivity index (χ2n) is 7.67. The van der Waals surface area contributed by atoms with E-state index in [1.807, 2.05) is 26.0 Å². The number of rotatable bonds is 8. The van der Waals surface area contributed by atoms with Crippen molar-refractivity contribution in [1.82, 2.24) is 15.5 Å². The zero-order valence-electron chi connectivity index (χ0n) is 18.0. The van der Waals surface area contributed by atoms with E-state index in [9.17, 15) is 4.79 Å². The molecule has 0 bridgehead atoms. The third kappa shape index (κ3) is 6.91. The number of carbonyl (C=O) groups excluding carboxylic acids is 1. The SMILES string of the molecule is CCOC(=O)N1CCC(NC(=NCCC2(C)OCCO2)NCCc2ccco2)CC1. The van der Waals surface area contributed by atoms with Crippen LogP contribution in [0.4, 0.5) is 4.79 Å². The molecule has 3 heterocycles. The van der Waals surface area contributed by atoms with E-state index < -0.39 is 5.79 Å². The number of likely N-dealkylation sites (tertiary alicyclic amines) is 1. The highest BCUT2D eigenvalue weighted by Gasteiger charge is 2.30. The van der Waals surface area contributed by atoms with Crippen molar-refractivity contribution in [2.45, 2.75) is 51.4 Å². The summed E-state index contributed by atoms with van der Waals surface area (Å²) in [6.45, 7) is 8.10. The van der Waals surface area contributed by atoms with Gasteiger partial charge in [0.2, 0.25) is 0 Å². The first-order chi connectivity index (χ1) is 14.6. The number of carbonyl (C=O) groups is 1. The van der Waals surface area contributed by atoms with Crippen LogP contribution in [-0.4, -0.2) is 74.8 Å². The molecule has 0 aromatic carbocycles. The van der Waals surface area contributed by atoms with Gasteiger partial charge in [0.1, 0.15) is 5.76 Å². The van der Waals surface area contributed by atoms with Crippen molar-refractivity contribution in [2.75, 3.05) is 46.0 Å². The summed E-state index contributed by atoms with van der Waals surface area (Å²) >= 11 is 0. The molecule has 30 heavy (non-hydrogen) atoms. The van der Waals surface area contributed by atoms with Crippen molar-refractivity contribution in [3.05, 3.63) is 24.2 Å². The summed E-state index contributed by atoms with van der Waals surface area (Å²) < 4.78 is 21.8. The number of ether oxygens (including phenoxy) is 3. The smallest absolute Gasteiger partial charge is 0.409 e. The molecule has 2 aliphatic rings. The summed E-state index contributed by atoms with van der Waals surface area (Å²) in [4.78, 5) is 18.4. The molecule has 168 valence electrons. The highest BCUT2D eigenvalue weighted by Crippen LogP contribution is 2.22. The first kappa shape index (κ1) is 22.4. The minimum Gasteiger partial charge on any atom is -0.469 e. The van der Waals surface area contributed by atoms with Crippen molar-refractivity contribution >= 4 is 12.1 Å². The van der Waals surface area contributed by atoms with Crippen LogP contribution in [0, 0.1) is 0 Å². The van der Waals surface area contributed by atoms with Gasteiger partial charge in [0.05, 0.1) is 26.1 Å². The molecule has 2 aliphatic heterocycles. The lowest BCUT2D eigenvalue weighted by atomic mass is 10.1. The number of nitrogens with one attached hydrogen (secondary N) is 2. The fourth-order valence-corrected chi connectivity index (χ4v) is 3.60. The number of piperidine rings is 1. The lowest BCUT2D eigenvalue weighted by Crippen LogP contribution is -2.50. The predicted octanol–water partition coefficient (Wildman–Crippen LogP) is 2.13. The van der Waals surface area contributed by atoms with Gasteiger partial charge in [0.25, 0.3) is 0 Å². The largest absolute Gasteiger partial charge is 0.469 e. The lowest BCUT2D eigenvalue weighted by molar-refractivity contribution is -0.144. The number of aliphatic imine (C=N–C) groups is 1. The number of guanidine groups is 1. The average Bonchev–Trinajstić information content (AvgIpc) is 3.41. The van der Waals surface area contributed by atoms with Crippen LogP contribution in [0.2, 0.25) is 0 Å². The predicted molar refractivity (Wildman–Crippen MR) is 112 cm³/mol. The van der Waals surface area contributed by atoms with Gasteiger partial charge < -0.3 is 34.2 Å². The maximum atomic E-state index is 11.9. The zero-order valence-corrected chi connectivity index (χ0v) is 18.0. The minimum absolute atomic E-state index is 0.230. The summed E-state index contributed by atoms with van der Waals surface area (Å²) in [5, 5.41) is 6.90. The molecule has 9 nitrogen and oxygen atoms in total. The van der Waals surface area contributed by atoms with E-state index >= 15 is 0 Å². The molecule has 0 spiro atoms. The fourth-order valence-electron chi connectivity index (χ4n) is 3.60. The molecule has 0 aliphatic carbocycles. The molecule has 1 aromatic heterocycles. The van der Waals surface area contributed by atoms with E-state index in [4.69, 9.17) is 23.6 Å². The van der Waals surface area contributed by atoms with E-state index in [0.717, 1.165) is 31.0 Å². The molecule has 0 radical (unpaired) electrons. The Labute approximate surface area is 178 Å². The van der Waals surface area contributed by atoms with Gasteiger partial charge in [-0.3, -0.25) is 4.99 Å². The van der Waals surface area contributed by atoms with Crippen molar-refractivity contribution in [3.8, 4) is 0 Å². The van der Waals surface area contributed by atoms with E-state index in [1.165, 1.54) is 0 Å². The van der Waals surface area contributed by atoms with Crippen LogP contribution in [0.25, 0.3) is 0 Å². The standard InChI is InChI=1S/C21H34N4O5/c1-3-27-20(26)25-12-7-17(8-13-25)24-19(22-10-6-18-5-4-14-28-18)23-11-9-21(2)29-15-16-30-21/h4-5,14,17H,3,6-13,15-16H2,1-2H3,(H2,22,23,24). The Bertz CT molecular complexity index is 665. The quantitative estimate of drug-likeness (QED) is 0.489. The maximum absolute atomic E-state index is 11.9. The van der Waals surface area contributed by atoms with Gasteiger partial charge in [-0.15, -0.1) is 0 Å². The highest BCUT2D eigenvalue weighted by molar-refractivity contribution is 5.80. The number of nitrogens with zero attached hydrogens (tertiary/aromatic N) is 2. The van der Waals surface area contributed by atoms with Crippen LogP contribution in [0.15, 0.2) is 27.8 Å². The van der Waals surface area contributed by atoms with Gasteiger partial charge in [-0.05, 0) is 38.8 Å². The third-order valence-electron chi connectivity index (χ3n) is 5.34. The lowest BCUT2D eigenvalue weighted by Gasteiger charge is -2.32. The van der Waals surface area contributed by atoms with Gasteiger partial charge in [-0.2, -0.15) is 0 Å². The van der Waals surface area contributed by atoms with Gasteiger partial charge in [-0.1, -0.05) is 0 Å².